The number of halogens is 2. The zero-order valence-electron chi connectivity index (χ0n) is 8.57. The summed E-state index contributed by atoms with van der Waals surface area (Å²) in [6.45, 7) is 3.30. The number of alkyl halides is 2. The number of hydrogen-bond donors (Lipinski definition) is 0. The summed E-state index contributed by atoms with van der Waals surface area (Å²) in [6.07, 6.45) is 0. The van der Waals surface area contributed by atoms with Crippen LogP contribution < -0.4 is 0 Å². The normalized spacial score (nSPS) is 14.7. The fourth-order valence-corrected chi connectivity index (χ4v) is 1.15. The molecule has 0 spiro atoms. The predicted octanol–water partition coefficient (Wildman–Crippen LogP) is 1.43. The van der Waals surface area contributed by atoms with Gasteiger partial charge in [0.25, 0.3) is 11.5 Å². The molecule has 0 fully saturated rings. The van der Waals surface area contributed by atoms with Gasteiger partial charge in [-0.15, -0.1) is 0 Å². The Balaban J connectivity index is 2.76. The van der Waals surface area contributed by atoms with E-state index in [1.54, 1.807) is 13.8 Å². The SMILES string of the molecule is Cc1noc(C(C)N(C)C(=O)C(F)Cl)n1. The summed E-state index contributed by atoms with van der Waals surface area (Å²) in [5.74, 6) is -0.124. The number of amides is 1. The number of hydrogen-bond acceptors (Lipinski definition) is 4. The molecular weight excluding hydrogens is 225 g/mol. The van der Waals surface area contributed by atoms with Gasteiger partial charge in [0.15, 0.2) is 5.82 Å². The van der Waals surface area contributed by atoms with Gasteiger partial charge in [0.1, 0.15) is 6.04 Å². The van der Waals surface area contributed by atoms with E-state index in [1.165, 1.54) is 7.05 Å². The van der Waals surface area contributed by atoms with Crippen LogP contribution in [0, 0.1) is 6.92 Å². The predicted molar refractivity (Wildman–Crippen MR) is 51.0 cm³/mol. The number of carbonyl (C=O) groups excluding carboxylic acids is 1. The van der Waals surface area contributed by atoms with Gasteiger partial charge in [0.05, 0.1) is 0 Å². The summed E-state index contributed by atoms with van der Waals surface area (Å²) < 4.78 is 17.4. The highest BCUT2D eigenvalue weighted by molar-refractivity contribution is 6.29. The van der Waals surface area contributed by atoms with Crippen LogP contribution in [0.1, 0.15) is 24.7 Å². The Kier molecular flexibility index (Phi) is 3.62. The van der Waals surface area contributed by atoms with E-state index in [0.717, 1.165) is 4.90 Å². The van der Waals surface area contributed by atoms with Crippen LogP contribution in [-0.4, -0.2) is 33.6 Å². The molecule has 0 aliphatic carbocycles. The molecule has 0 radical (unpaired) electrons. The highest BCUT2D eigenvalue weighted by atomic mass is 35.5. The summed E-state index contributed by atoms with van der Waals surface area (Å²) in [4.78, 5) is 16.2. The molecule has 0 bridgehead atoms. The molecule has 1 aromatic rings. The van der Waals surface area contributed by atoms with Crippen LogP contribution in [0.2, 0.25) is 0 Å². The molecule has 2 atom stereocenters. The fourth-order valence-electron chi connectivity index (χ4n) is 0.993. The average Bonchev–Trinajstić information content (AvgIpc) is 2.61. The molecule has 1 heterocycles. The van der Waals surface area contributed by atoms with E-state index >= 15 is 0 Å². The highest BCUT2D eigenvalue weighted by Gasteiger charge is 2.26. The molecule has 1 amide bonds. The van der Waals surface area contributed by atoms with E-state index < -0.39 is 17.6 Å². The molecule has 1 rings (SSSR count). The van der Waals surface area contributed by atoms with Crippen molar-refractivity contribution in [1.29, 1.82) is 0 Å². The molecule has 0 saturated heterocycles. The maximum Gasteiger partial charge on any atom is 0.273 e. The van der Waals surface area contributed by atoms with Crippen molar-refractivity contribution in [3.63, 3.8) is 0 Å². The Morgan fingerprint density at radius 3 is 2.67 bits per heavy atom. The van der Waals surface area contributed by atoms with Crippen LogP contribution in [0.4, 0.5) is 4.39 Å². The summed E-state index contributed by atoms with van der Waals surface area (Å²) in [7, 11) is 1.42. The Morgan fingerprint density at radius 2 is 2.27 bits per heavy atom. The monoisotopic (exact) mass is 235 g/mol. The quantitative estimate of drug-likeness (QED) is 0.744. The van der Waals surface area contributed by atoms with Crippen LogP contribution in [0.5, 0.6) is 0 Å². The molecule has 0 aliphatic rings. The lowest BCUT2D eigenvalue weighted by Crippen LogP contribution is -2.34. The molecule has 7 heteroatoms. The van der Waals surface area contributed by atoms with Crippen molar-refractivity contribution in [1.82, 2.24) is 15.0 Å². The third-order valence-electron chi connectivity index (χ3n) is 2.02. The first-order valence-electron chi connectivity index (χ1n) is 4.28. The average molecular weight is 236 g/mol. The van der Waals surface area contributed by atoms with E-state index in [1.807, 2.05) is 0 Å². The van der Waals surface area contributed by atoms with Crippen LogP contribution >= 0.6 is 11.6 Å². The summed E-state index contributed by atoms with van der Waals surface area (Å²) in [6, 6.07) is -0.504. The lowest BCUT2D eigenvalue weighted by atomic mass is 10.3. The van der Waals surface area contributed by atoms with Gasteiger partial charge >= 0.3 is 0 Å². The maximum atomic E-state index is 12.5. The molecular formula is C8H11ClFN3O2. The first-order chi connectivity index (χ1) is 6.93. The number of nitrogens with zero attached hydrogens (tertiary/aromatic N) is 3. The van der Waals surface area contributed by atoms with Crippen molar-refractivity contribution in [3.05, 3.63) is 11.7 Å². The van der Waals surface area contributed by atoms with Crippen molar-refractivity contribution in [2.24, 2.45) is 0 Å². The minimum absolute atomic E-state index is 0.251. The third kappa shape index (κ3) is 2.65. The smallest absolute Gasteiger partial charge is 0.273 e. The van der Waals surface area contributed by atoms with Crippen LogP contribution in [0.15, 0.2) is 4.52 Å². The van der Waals surface area contributed by atoms with E-state index in [-0.39, 0.29) is 5.89 Å². The highest BCUT2D eigenvalue weighted by Crippen LogP contribution is 2.18. The maximum absolute atomic E-state index is 12.5. The van der Waals surface area contributed by atoms with Crippen molar-refractivity contribution >= 4 is 17.5 Å². The summed E-state index contributed by atoms with van der Waals surface area (Å²) in [5, 5.41) is 3.57. The van der Waals surface area contributed by atoms with E-state index in [2.05, 4.69) is 10.1 Å². The lowest BCUT2D eigenvalue weighted by molar-refractivity contribution is -0.134. The zero-order valence-corrected chi connectivity index (χ0v) is 9.32. The minimum atomic E-state index is -2.05. The second kappa shape index (κ2) is 4.57. The molecule has 5 nitrogen and oxygen atoms in total. The second-order valence-corrected chi connectivity index (χ2v) is 3.49. The van der Waals surface area contributed by atoms with Gasteiger partial charge in [-0.1, -0.05) is 16.8 Å². The van der Waals surface area contributed by atoms with Crippen molar-refractivity contribution in [3.8, 4) is 0 Å². The van der Waals surface area contributed by atoms with Gasteiger partial charge in [0.2, 0.25) is 5.89 Å². The minimum Gasteiger partial charge on any atom is -0.337 e. The van der Waals surface area contributed by atoms with Gasteiger partial charge in [0, 0.05) is 7.05 Å². The number of aryl methyl sites for hydroxylation is 1. The molecule has 84 valence electrons. The van der Waals surface area contributed by atoms with E-state index in [9.17, 15) is 9.18 Å². The van der Waals surface area contributed by atoms with Gasteiger partial charge in [-0.05, 0) is 13.8 Å². The van der Waals surface area contributed by atoms with Crippen LogP contribution in [-0.2, 0) is 4.79 Å². The Bertz CT molecular complexity index is 355. The Morgan fingerprint density at radius 1 is 1.67 bits per heavy atom. The van der Waals surface area contributed by atoms with Crippen LogP contribution in [0.3, 0.4) is 0 Å². The van der Waals surface area contributed by atoms with Crippen molar-refractivity contribution in [2.75, 3.05) is 7.05 Å². The van der Waals surface area contributed by atoms with E-state index in [0.29, 0.717) is 5.82 Å². The summed E-state index contributed by atoms with van der Waals surface area (Å²) in [5.41, 5.74) is -2.05. The van der Waals surface area contributed by atoms with Gasteiger partial charge in [-0.25, -0.2) is 4.39 Å². The van der Waals surface area contributed by atoms with Gasteiger partial charge in [-0.2, -0.15) is 4.98 Å². The lowest BCUT2D eigenvalue weighted by Gasteiger charge is -2.21. The van der Waals surface area contributed by atoms with Crippen molar-refractivity contribution < 1.29 is 13.7 Å². The van der Waals surface area contributed by atoms with Gasteiger partial charge < -0.3 is 9.42 Å². The third-order valence-corrected chi connectivity index (χ3v) is 2.20. The summed E-state index contributed by atoms with van der Waals surface area (Å²) >= 11 is 5.04. The topological polar surface area (TPSA) is 59.2 Å². The number of rotatable bonds is 3. The number of aromatic nitrogens is 2. The molecule has 2 unspecified atom stereocenters. The molecule has 1 aromatic heterocycles. The molecule has 15 heavy (non-hydrogen) atoms. The molecule has 0 aromatic carbocycles. The fraction of sp³-hybridized carbons (Fsp3) is 0.625. The van der Waals surface area contributed by atoms with Crippen molar-refractivity contribution in [2.45, 2.75) is 25.5 Å². The Labute approximate surface area is 91.2 Å². The van der Waals surface area contributed by atoms with Crippen LogP contribution in [0.25, 0.3) is 0 Å². The largest absolute Gasteiger partial charge is 0.337 e. The van der Waals surface area contributed by atoms with E-state index in [4.69, 9.17) is 16.1 Å². The Hall–Kier alpha value is -1.17. The number of carbonyl (C=O) groups is 1. The molecule has 0 N–H and O–H groups in total. The first kappa shape index (κ1) is 11.9. The second-order valence-electron chi connectivity index (χ2n) is 3.11. The standard InChI is InChI=1S/C8H11ClFN3O2/c1-4(7-11-5(2)12-15-7)13(3)8(14)6(9)10/h4,6H,1-3H3. The first-order valence-corrected chi connectivity index (χ1v) is 4.72. The van der Waals surface area contributed by atoms with Gasteiger partial charge in [-0.3, -0.25) is 4.79 Å². The zero-order chi connectivity index (χ0) is 11.6. The molecule has 0 saturated carbocycles. The molecule has 0 aliphatic heterocycles.